The highest BCUT2D eigenvalue weighted by Crippen LogP contribution is 2.17. The molecule has 0 aliphatic carbocycles. The van der Waals surface area contributed by atoms with Gasteiger partial charge < -0.3 is 10.2 Å². The van der Waals surface area contributed by atoms with E-state index in [1.165, 1.54) is 11.8 Å². The van der Waals surface area contributed by atoms with Gasteiger partial charge in [0.25, 0.3) is 0 Å². The van der Waals surface area contributed by atoms with Gasteiger partial charge in [-0.05, 0) is 0 Å². The summed E-state index contributed by atoms with van der Waals surface area (Å²) < 4.78 is 0. The van der Waals surface area contributed by atoms with Crippen LogP contribution >= 0.6 is 11.8 Å². The van der Waals surface area contributed by atoms with Crippen LogP contribution < -0.4 is 5.32 Å². The van der Waals surface area contributed by atoms with Crippen LogP contribution in [0.15, 0.2) is 0 Å². The zero-order chi connectivity index (χ0) is 7.56. The smallest absolute Gasteiger partial charge is 0.321 e. The van der Waals surface area contributed by atoms with Crippen LogP contribution in [0, 0.1) is 0 Å². The van der Waals surface area contributed by atoms with Gasteiger partial charge in [0.1, 0.15) is 6.04 Å². The summed E-state index contributed by atoms with van der Waals surface area (Å²) in [4.78, 5) is 10.3. The Labute approximate surface area is 62.6 Å². The molecule has 1 heterocycles. The lowest BCUT2D eigenvalue weighted by Gasteiger charge is -2.05. The van der Waals surface area contributed by atoms with Crippen molar-refractivity contribution in [2.45, 2.75) is 11.4 Å². The minimum Gasteiger partial charge on any atom is -0.480 e. The summed E-state index contributed by atoms with van der Waals surface area (Å²) in [5.41, 5.74) is 0. The zero-order valence-corrected chi connectivity index (χ0v) is 6.10. The van der Waals surface area contributed by atoms with Gasteiger partial charge in [0, 0.05) is 5.75 Å². The van der Waals surface area contributed by atoms with Crippen LogP contribution in [0.25, 0.3) is 0 Å². The Morgan fingerprint density at radius 3 is 2.80 bits per heavy atom. The lowest BCUT2D eigenvalue weighted by molar-refractivity contribution is -0.138. The van der Waals surface area contributed by atoms with Crippen molar-refractivity contribution in [3.63, 3.8) is 0 Å². The number of rotatable bonds is 2. The molecule has 4 nitrogen and oxygen atoms in total. The maximum atomic E-state index is 10.3. The molecule has 2 atom stereocenters. The summed E-state index contributed by atoms with van der Waals surface area (Å²) >= 11 is 1.44. The maximum Gasteiger partial charge on any atom is 0.321 e. The first-order valence-corrected chi connectivity index (χ1v) is 4.00. The average Bonchev–Trinajstić information content (AvgIpc) is 2.34. The fraction of sp³-hybridized carbons (Fsp3) is 0.800. The molecule has 1 aliphatic rings. The summed E-state index contributed by atoms with van der Waals surface area (Å²) in [6.07, 6.45) is 0. The maximum absolute atomic E-state index is 10.3. The lowest BCUT2D eigenvalue weighted by atomic mass is 10.3. The quantitative estimate of drug-likeness (QED) is 0.492. The Kier molecular flexibility index (Phi) is 2.53. The first kappa shape index (κ1) is 7.84. The number of carboxylic acids is 1. The van der Waals surface area contributed by atoms with Crippen LogP contribution in [-0.2, 0) is 4.79 Å². The van der Waals surface area contributed by atoms with Crippen molar-refractivity contribution in [2.75, 3.05) is 12.4 Å². The average molecular weight is 163 g/mol. The summed E-state index contributed by atoms with van der Waals surface area (Å²) in [5, 5.41) is 19.7. The second-order valence-electron chi connectivity index (χ2n) is 2.06. The highest BCUT2D eigenvalue weighted by atomic mass is 32.2. The number of aliphatic hydroxyl groups is 1. The Morgan fingerprint density at radius 1 is 1.80 bits per heavy atom. The molecule has 58 valence electrons. The van der Waals surface area contributed by atoms with Crippen molar-refractivity contribution >= 4 is 17.7 Å². The molecule has 0 saturated carbocycles. The van der Waals surface area contributed by atoms with Gasteiger partial charge in [-0.1, -0.05) is 0 Å². The Bertz CT molecular complexity index is 141. The second kappa shape index (κ2) is 3.23. The Hall–Kier alpha value is -0.260. The minimum absolute atomic E-state index is 0.00551. The van der Waals surface area contributed by atoms with Gasteiger partial charge in [-0.15, -0.1) is 11.8 Å². The molecule has 2 unspecified atom stereocenters. The molecule has 0 radical (unpaired) electrons. The molecule has 1 aliphatic heterocycles. The first-order chi connectivity index (χ1) is 4.74. The van der Waals surface area contributed by atoms with Gasteiger partial charge in [-0.25, -0.2) is 0 Å². The molecule has 0 bridgehead atoms. The van der Waals surface area contributed by atoms with E-state index in [2.05, 4.69) is 5.32 Å². The van der Waals surface area contributed by atoms with Crippen molar-refractivity contribution in [3.8, 4) is 0 Å². The molecule has 1 saturated heterocycles. The molecule has 0 aromatic rings. The van der Waals surface area contributed by atoms with E-state index in [1.807, 2.05) is 0 Å². The topological polar surface area (TPSA) is 69.6 Å². The number of nitrogens with one attached hydrogen (secondary N) is 1. The Morgan fingerprint density at radius 2 is 2.50 bits per heavy atom. The second-order valence-corrected chi connectivity index (χ2v) is 3.30. The molecule has 0 amide bonds. The van der Waals surface area contributed by atoms with E-state index in [0.717, 1.165) is 0 Å². The van der Waals surface area contributed by atoms with Crippen LogP contribution in [0.4, 0.5) is 0 Å². The predicted octanol–water partition coefficient (Wildman–Crippen LogP) is -0.906. The monoisotopic (exact) mass is 163 g/mol. The van der Waals surface area contributed by atoms with E-state index < -0.39 is 12.0 Å². The fourth-order valence-corrected chi connectivity index (χ4v) is 1.81. The SMILES string of the molecule is O=C(O)C1CSC(CO)N1. The number of thioether (sulfide) groups is 1. The minimum atomic E-state index is -0.844. The molecule has 1 fully saturated rings. The van der Waals surface area contributed by atoms with E-state index in [0.29, 0.717) is 5.75 Å². The zero-order valence-electron chi connectivity index (χ0n) is 5.28. The summed E-state index contributed by atoms with van der Waals surface area (Å²) in [5.74, 6) is -0.302. The number of carboxylic acid groups (broad SMARTS) is 1. The fourth-order valence-electron chi connectivity index (χ4n) is 0.781. The summed E-state index contributed by atoms with van der Waals surface area (Å²) in [6, 6.07) is -0.484. The van der Waals surface area contributed by atoms with Crippen molar-refractivity contribution < 1.29 is 15.0 Å². The van der Waals surface area contributed by atoms with Gasteiger partial charge in [0.2, 0.25) is 0 Å². The molecule has 0 aromatic heterocycles. The van der Waals surface area contributed by atoms with Crippen molar-refractivity contribution in [3.05, 3.63) is 0 Å². The van der Waals surface area contributed by atoms with Crippen LogP contribution in [0.2, 0.25) is 0 Å². The molecule has 0 spiro atoms. The molecule has 3 N–H and O–H groups in total. The largest absolute Gasteiger partial charge is 0.480 e. The number of aliphatic carboxylic acids is 1. The normalized spacial score (nSPS) is 32.5. The molecule has 1 rings (SSSR count). The van der Waals surface area contributed by atoms with Crippen LogP contribution in [0.3, 0.4) is 0 Å². The van der Waals surface area contributed by atoms with Gasteiger partial charge in [0.15, 0.2) is 0 Å². The standard InChI is InChI=1S/C5H9NO3S/c7-1-4-6-3(2-10-4)5(8)9/h3-4,6-7H,1-2H2,(H,8,9). The van der Waals surface area contributed by atoms with E-state index in [-0.39, 0.29) is 12.0 Å². The highest BCUT2D eigenvalue weighted by Gasteiger charge is 2.28. The first-order valence-electron chi connectivity index (χ1n) is 2.95. The van der Waals surface area contributed by atoms with Gasteiger partial charge in [0.05, 0.1) is 12.0 Å². The van der Waals surface area contributed by atoms with Crippen LogP contribution in [0.1, 0.15) is 0 Å². The molecular weight excluding hydrogens is 154 g/mol. The number of hydrogen-bond acceptors (Lipinski definition) is 4. The third-order valence-electron chi connectivity index (χ3n) is 1.32. The third kappa shape index (κ3) is 1.62. The highest BCUT2D eigenvalue weighted by molar-refractivity contribution is 8.00. The van der Waals surface area contributed by atoms with Gasteiger partial charge in [-0.2, -0.15) is 0 Å². The molecule has 10 heavy (non-hydrogen) atoms. The van der Waals surface area contributed by atoms with E-state index in [4.69, 9.17) is 10.2 Å². The van der Waals surface area contributed by atoms with Crippen molar-refractivity contribution in [1.82, 2.24) is 5.32 Å². The van der Waals surface area contributed by atoms with E-state index in [1.54, 1.807) is 0 Å². The summed E-state index contributed by atoms with van der Waals surface area (Å²) in [7, 11) is 0. The number of carbonyl (C=O) groups is 1. The van der Waals surface area contributed by atoms with E-state index in [9.17, 15) is 4.79 Å². The number of hydrogen-bond donors (Lipinski definition) is 3. The van der Waals surface area contributed by atoms with Gasteiger partial charge >= 0.3 is 5.97 Å². The van der Waals surface area contributed by atoms with Crippen molar-refractivity contribution in [1.29, 1.82) is 0 Å². The molecule has 5 heteroatoms. The van der Waals surface area contributed by atoms with Crippen LogP contribution in [0.5, 0.6) is 0 Å². The molecular formula is C5H9NO3S. The summed E-state index contributed by atoms with van der Waals surface area (Å²) in [6.45, 7) is -0.00551. The van der Waals surface area contributed by atoms with Gasteiger partial charge in [-0.3, -0.25) is 10.1 Å². The van der Waals surface area contributed by atoms with E-state index >= 15 is 0 Å². The van der Waals surface area contributed by atoms with Crippen LogP contribution in [-0.4, -0.2) is 40.0 Å². The third-order valence-corrected chi connectivity index (χ3v) is 2.53. The number of aliphatic hydroxyl groups excluding tert-OH is 1. The lowest BCUT2D eigenvalue weighted by Crippen LogP contribution is -2.37. The Balaban J connectivity index is 2.35. The predicted molar refractivity (Wildman–Crippen MR) is 37.9 cm³/mol. The molecule has 0 aromatic carbocycles. The van der Waals surface area contributed by atoms with Crippen molar-refractivity contribution in [2.24, 2.45) is 0 Å².